The SMILES string of the molecule is COc1cc(C)c(C(=O)c2ccccc2)cc1S(=O)(=O)O. The zero-order valence-electron chi connectivity index (χ0n) is 11.5. The molecule has 0 fully saturated rings. The molecule has 1 N–H and O–H groups in total. The van der Waals surface area contributed by atoms with E-state index in [1.165, 1.54) is 13.2 Å². The Morgan fingerprint density at radius 3 is 2.29 bits per heavy atom. The lowest BCUT2D eigenvalue weighted by Crippen LogP contribution is -2.08. The molecule has 0 aliphatic rings. The van der Waals surface area contributed by atoms with E-state index >= 15 is 0 Å². The van der Waals surface area contributed by atoms with E-state index in [4.69, 9.17) is 4.74 Å². The average molecular weight is 306 g/mol. The van der Waals surface area contributed by atoms with Crippen molar-refractivity contribution >= 4 is 15.9 Å². The van der Waals surface area contributed by atoms with E-state index in [-0.39, 0.29) is 17.1 Å². The summed E-state index contributed by atoms with van der Waals surface area (Å²) in [5.74, 6) is -0.319. The van der Waals surface area contributed by atoms with Gasteiger partial charge in [-0.05, 0) is 24.6 Å². The number of aryl methyl sites for hydroxylation is 1. The minimum Gasteiger partial charge on any atom is -0.495 e. The Labute approximate surface area is 122 Å². The number of hydrogen-bond acceptors (Lipinski definition) is 4. The Kier molecular flexibility index (Phi) is 4.11. The van der Waals surface area contributed by atoms with Gasteiger partial charge >= 0.3 is 0 Å². The lowest BCUT2D eigenvalue weighted by atomic mass is 9.99. The standard InChI is InChI=1S/C15H14O5S/c1-10-8-13(20-2)14(21(17,18)19)9-12(10)15(16)11-6-4-3-5-7-11/h3-9H,1-2H3,(H,17,18,19). The molecule has 0 saturated heterocycles. The van der Waals surface area contributed by atoms with Gasteiger partial charge < -0.3 is 4.74 Å². The lowest BCUT2D eigenvalue weighted by molar-refractivity contribution is 0.103. The van der Waals surface area contributed by atoms with Crippen LogP contribution in [0.25, 0.3) is 0 Å². The molecule has 110 valence electrons. The summed E-state index contributed by atoms with van der Waals surface area (Å²) in [4.78, 5) is 12.0. The molecule has 0 heterocycles. The molecule has 0 spiro atoms. The van der Waals surface area contributed by atoms with Crippen LogP contribution >= 0.6 is 0 Å². The molecule has 2 rings (SSSR count). The van der Waals surface area contributed by atoms with Crippen molar-refractivity contribution in [3.05, 3.63) is 59.2 Å². The highest BCUT2D eigenvalue weighted by Gasteiger charge is 2.21. The van der Waals surface area contributed by atoms with Crippen molar-refractivity contribution in [3.63, 3.8) is 0 Å². The van der Waals surface area contributed by atoms with Gasteiger partial charge in [0.15, 0.2) is 5.78 Å². The Balaban J connectivity index is 2.63. The third-order valence-corrected chi connectivity index (χ3v) is 3.94. The van der Waals surface area contributed by atoms with Crippen LogP contribution in [0, 0.1) is 6.92 Å². The molecule has 0 radical (unpaired) electrons. The fraction of sp³-hybridized carbons (Fsp3) is 0.133. The second-order valence-corrected chi connectivity index (χ2v) is 5.88. The molecule has 0 atom stereocenters. The third-order valence-electron chi connectivity index (χ3n) is 3.07. The van der Waals surface area contributed by atoms with Crippen LogP contribution in [0.2, 0.25) is 0 Å². The molecule has 2 aromatic rings. The van der Waals surface area contributed by atoms with Crippen molar-refractivity contribution < 1.29 is 22.5 Å². The van der Waals surface area contributed by atoms with Crippen molar-refractivity contribution in [2.24, 2.45) is 0 Å². The first-order valence-corrected chi connectivity index (χ1v) is 7.54. The molecule has 0 saturated carbocycles. The highest BCUT2D eigenvalue weighted by molar-refractivity contribution is 7.86. The topological polar surface area (TPSA) is 80.7 Å². The summed E-state index contributed by atoms with van der Waals surface area (Å²) < 4.78 is 37.0. The maximum Gasteiger partial charge on any atom is 0.298 e. The van der Waals surface area contributed by atoms with Gasteiger partial charge in [0.25, 0.3) is 10.1 Å². The summed E-state index contributed by atoms with van der Waals surface area (Å²) >= 11 is 0. The van der Waals surface area contributed by atoms with Crippen LogP contribution in [0.4, 0.5) is 0 Å². The average Bonchev–Trinajstić information content (AvgIpc) is 2.45. The maximum absolute atomic E-state index is 12.4. The molecule has 0 amide bonds. The number of rotatable bonds is 4. The fourth-order valence-corrected chi connectivity index (χ4v) is 2.68. The molecule has 0 aromatic heterocycles. The minimum absolute atomic E-state index is 0.000360. The first-order chi connectivity index (χ1) is 9.84. The molecule has 6 heteroatoms. The number of hydrogen-bond donors (Lipinski definition) is 1. The first kappa shape index (κ1) is 15.2. The van der Waals surface area contributed by atoms with Gasteiger partial charge in [-0.2, -0.15) is 8.42 Å². The second kappa shape index (κ2) is 5.67. The van der Waals surface area contributed by atoms with E-state index in [1.807, 2.05) is 0 Å². The molecule has 0 bridgehead atoms. The van der Waals surface area contributed by atoms with Crippen LogP contribution in [0.15, 0.2) is 47.4 Å². The summed E-state index contributed by atoms with van der Waals surface area (Å²) in [7, 11) is -3.18. The minimum atomic E-state index is -4.48. The van der Waals surface area contributed by atoms with Gasteiger partial charge in [0.05, 0.1) is 7.11 Å². The molecule has 0 aliphatic carbocycles. The Hall–Kier alpha value is -2.18. The van der Waals surface area contributed by atoms with E-state index in [0.717, 1.165) is 6.07 Å². The molecule has 0 unspecified atom stereocenters. The van der Waals surface area contributed by atoms with Crippen LogP contribution in [-0.2, 0) is 10.1 Å². The predicted octanol–water partition coefficient (Wildman–Crippen LogP) is 2.48. The summed E-state index contributed by atoms with van der Waals surface area (Å²) in [6.07, 6.45) is 0. The zero-order valence-corrected chi connectivity index (χ0v) is 12.3. The molecule has 0 aliphatic heterocycles. The number of ketones is 1. The highest BCUT2D eigenvalue weighted by atomic mass is 32.2. The van der Waals surface area contributed by atoms with Crippen LogP contribution < -0.4 is 4.74 Å². The highest BCUT2D eigenvalue weighted by Crippen LogP contribution is 2.28. The summed E-state index contributed by atoms with van der Waals surface area (Å²) in [6.45, 7) is 1.67. The van der Waals surface area contributed by atoms with Gasteiger partial charge in [-0.25, -0.2) is 0 Å². The van der Waals surface area contributed by atoms with Gasteiger partial charge in [0.1, 0.15) is 10.6 Å². The maximum atomic E-state index is 12.4. The van der Waals surface area contributed by atoms with E-state index in [9.17, 15) is 17.8 Å². The Morgan fingerprint density at radius 1 is 1.14 bits per heavy atom. The number of carbonyl (C=O) groups excluding carboxylic acids is 1. The van der Waals surface area contributed by atoms with Crippen molar-refractivity contribution in [1.29, 1.82) is 0 Å². The molecule has 21 heavy (non-hydrogen) atoms. The van der Waals surface area contributed by atoms with Crippen molar-refractivity contribution in [2.75, 3.05) is 7.11 Å². The van der Waals surface area contributed by atoms with Gasteiger partial charge in [-0.15, -0.1) is 0 Å². The number of ether oxygens (including phenoxy) is 1. The van der Waals surface area contributed by atoms with E-state index in [1.54, 1.807) is 37.3 Å². The van der Waals surface area contributed by atoms with Crippen LogP contribution in [0.1, 0.15) is 21.5 Å². The monoisotopic (exact) mass is 306 g/mol. The van der Waals surface area contributed by atoms with E-state index in [0.29, 0.717) is 11.1 Å². The molecular weight excluding hydrogens is 292 g/mol. The molecular formula is C15H14O5S. The van der Waals surface area contributed by atoms with Crippen molar-refractivity contribution in [3.8, 4) is 5.75 Å². The summed E-state index contributed by atoms with van der Waals surface area (Å²) in [5.41, 5.74) is 1.20. The third kappa shape index (κ3) is 3.12. The second-order valence-electron chi connectivity index (χ2n) is 4.49. The van der Waals surface area contributed by atoms with Crippen LogP contribution in [0.5, 0.6) is 5.75 Å². The Bertz CT molecular complexity index is 779. The van der Waals surface area contributed by atoms with Crippen molar-refractivity contribution in [2.45, 2.75) is 11.8 Å². The normalized spacial score (nSPS) is 11.2. The molecule has 2 aromatic carbocycles. The number of carbonyl (C=O) groups is 1. The smallest absolute Gasteiger partial charge is 0.298 e. The number of benzene rings is 2. The van der Waals surface area contributed by atoms with Crippen LogP contribution in [-0.4, -0.2) is 25.9 Å². The quantitative estimate of drug-likeness (QED) is 0.693. The van der Waals surface area contributed by atoms with Crippen LogP contribution in [0.3, 0.4) is 0 Å². The predicted molar refractivity (Wildman–Crippen MR) is 77.4 cm³/mol. The van der Waals surface area contributed by atoms with E-state index in [2.05, 4.69) is 0 Å². The zero-order chi connectivity index (χ0) is 15.6. The largest absolute Gasteiger partial charge is 0.495 e. The van der Waals surface area contributed by atoms with Gasteiger partial charge in [0.2, 0.25) is 0 Å². The lowest BCUT2D eigenvalue weighted by Gasteiger charge is -2.11. The van der Waals surface area contributed by atoms with Gasteiger partial charge in [0, 0.05) is 11.1 Å². The Morgan fingerprint density at radius 2 is 1.76 bits per heavy atom. The van der Waals surface area contributed by atoms with E-state index < -0.39 is 15.0 Å². The van der Waals surface area contributed by atoms with Crippen molar-refractivity contribution in [1.82, 2.24) is 0 Å². The molecule has 5 nitrogen and oxygen atoms in total. The van der Waals surface area contributed by atoms with Gasteiger partial charge in [-0.1, -0.05) is 30.3 Å². The van der Waals surface area contributed by atoms with Gasteiger partial charge in [-0.3, -0.25) is 9.35 Å². The summed E-state index contributed by atoms with van der Waals surface area (Å²) in [5, 5.41) is 0. The first-order valence-electron chi connectivity index (χ1n) is 6.10. The number of methoxy groups -OCH3 is 1. The fourth-order valence-electron chi connectivity index (χ4n) is 2.01. The summed E-state index contributed by atoms with van der Waals surface area (Å²) in [6, 6.07) is 11.0.